The minimum absolute atomic E-state index is 0.108. The molecule has 1 atom stereocenters. The van der Waals surface area contributed by atoms with Crippen molar-refractivity contribution in [2.75, 3.05) is 19.7 Å². The minimum Gasteiger partial charge on any atom is -0.477 e. The van der Waals surface area contributed by atoms with Gasteiger partial charge in [-0.25, -0.2) is 9.97 Å². The molecule has 5 heterocycles. The number of aromatic nitrogens is 4. The highest BCUT2D eigenvalue weighted by molar-refractivity contribution is 7.23. The second-order valence-electron chi connectivity index (χ2n) is 11.0. The highest BCUT2D eigenvalue weighted by Gasteiger charge is 2.21. The zero-order valence-corrected chi connectivity index (χ0v) is 22.7. The van der Waals surface area contributed by atoms with Crippen LogP contribution in [-0.2, 0) is 23.1 Å². The second kappa shape index (κ2) is 9.96. The number of fused-ring (bicyclic) bond motifs is 3. The minimum atomic E-state index is -0.126. The normalized spacial score (nSPS) is 16.0. The number of imidazole rings is 1. The molecule has 0 amide bonds. The van der Waals surface area contributed by atoms with Gasteiger partial charge in [-0.15, -0.1) is 0 Å². The molecular weight excluding hydrogens is 498 g/mol. The highest BCUT2D eigenvalue weighted by Crippen LogP contribution is 2.30. The monoisotopic (exact) mass is 529 g/mol. The molecule has 1 saturated heterocycles. The third-order valence-electron chi connectivity index (χ3n) is 6.89. The first-order chi connectivity index (χ1) is 18.3. The van der Waals surface area contributed by atoms with Crippen molar-refractivity contribution in [2.24, 2.45) is 5.92 Å². The van der Waals surface area contributed by atoms with Crippen molar-refractivity contribution in [3.05, 3.63) is 65.7 Å². The molecule has 9 heteroatoms. The number of Topliss-reactive ketones (excluding diaryl/α,β-unsaturated/α-hetero) is 1. The molecular formula is C29H31N5O3S. The van der Waals surface area contributed by atoms with Crippen molar-refractivity contribution in [1.29, 1.82) is 0 Å². The van der Waals surface area contributed by atoms with E-state index >= 15 is 0 Å². The molecule has 1 aromatic carbocycles. The predicted molar refractivity (Wildman–Crippen MR) is 148 cm³/mol. The first kappa shape index (κ1) is 24.8. The van der Waals surface area contributed by atoms with Gasteiger partial charge in [-0.2, -0.15) is 0 Å². The lowest BCUT2D eigenvalue weighted by Crippen LogP contribution is -2.15. The van der Waals surface area contributed by atoms with Crippen molar-refractivity contribution in [2.45, 2.75) is 45.4 Å². The average Bonchev–Trinajstić information content (AvgIpc) is 3.67. The molecule has 196 valence electrons. The third-order valence-corrected chi connectivity index (χ3v) is 7.86. The number of rotatable bonds is 8. The summed E-state index contributed by atoms with van der Waals surface area (Å²) < 4.78 is 13.4. The molecule has 1 aliphatic rings. The molecule has 0 aliphatic carbocycles. The Bertz CT molecular complexity index is 1590. The lowest BCUT2D eigenvalue weighted by Gasteiger charge is -2.12. The Morgan fingerprint density at radius 2 is 2.00 bits per heavy atom. The van der Waals surface area contributed by atoms with Gasteiger partial charge >= 0.3 is 0 Å². The standard InChI is InChI=1S/C29H31N5O3S/c1-29(2,3)25-14-21(33-37-25)13-22(35)12-18-4-6-20(7-5-18)23-16-34-24-8-9-26(32-27(24)38-28(34)31-23)36-17-19-10-11-30-15-19/h4-9,14,16,19,30H,10-13,15,17H2,1-3H3/t19-/m0/s1. The van der Waals surface area contributed by atoms with Crippen LogP contribution in [-0.4, -0.2) is 45.0 Å². The fourth-order valence-corrected chi connectivity index (χ4v) is 5.66. The summed E-state index contributed by atoms with van der Waals surface area (Å²) in [5, 5.41) is 7.43. The van der Waals surface area contributed by atoms with E-state index in [2.05, 4.69) is 35.6 Å². The average molecular weight is 530 g/mol. The van der Waals surface area contributed by atoms with Gasteiger partial charge in [0.15, 0.2) is 4.96 Å². The molecule has 0 unspecified atom stereocenters. The zero-order chi connectivity index (χ0) is 26.3. The maximum atomic E-state index is 12.6. The molecule has 0 spiro atoms. The quantitative estimate of drug-likeness (QED) is 0.294. The summed E-state index contributed by atoms with van der Waals surface area (Å²) in [6, 6.07) is 13.9. The van der Waals surface area contributed by atoms with Crippen LogP contribution in [0, 0.1) is 5.92 Å². The Balaban J connectivity index is 1.11. The lowest BCUT2D eigenvalue weighted by molar-refractivity contribution is -0.117. The van der Waals surface area contributed by atoms with Gasteiger partial charge in [0, 0.05) is 48.2 Å². The van der Waals surface area contributed by atoms with Crippen molar-refractivity contribution in [3.8, 4) is 17.1 Å². The van der Waals surface area contributed by atoms with Crippen LogP contribution < -0.4 is 10.1 Å². The Morgan fingerprint density at radius 1 is 1.16 bits per heavy atom. The number of benzene rings is 1. The highest BCUT2D eigenvalue weighted by atomic mass is 32.1. The molecule has 0 radical (unpaired) electrons. The van der Waals surface area contributed by atoms with Crippen molar-refractivity contribution < 1.29 is 14.1 Å². The van der Waals surface area contributed by atoms with E-state index in [9.17, 15) is 4.79 Å². The van der Waals surface area contributed by atoms with Crippen LogP contribution in [0.4, 0.5) is 0 Å². The number of hydrogen-bond donors (Lipinski definition) is 1. The summed E-state index contributed by atoms with van der Waals surface area (Å²) in [4.78, 5) is 24.0. The van der Waals surface area contributed by atoms with Gasteiger partial charge < -0.3 is 14.6 Å². The van der Waals surface area contributed by atoms with E-state index in [4.69, 9.17) is 19.2 Å². The molecule has 4 aromatic heterocycles. The van der Waals surface area contributed by atoms with Gasteiger partial charge in [0.25, 0.3) is 0 Å². The number of thiazole rings is 1. The fraction of sp³-hybridized carbons (Fsp3) is 0.379. The SMILES string of the molecule is CC(C)(C)c1cc(CC(=O)Cc2ccc(-c3cn4c(n3)sc3nc(OC[C@H]5CCNC5)ccc34)cc2)no1. The van der Waals surface area contributed by atoms with Crippen LogP contribution in [0.1, 0.15) is 44.2 Å². The first-order valence-electron chi connectivity index (χ1n) is 13.0. The van der Waals surface area contributed by atoms with Gasteiger partial charge in [0.05, 0.1) is 29.9 Å². The summed E-state index contributed by atoms with van der Waals surface area (Å²) in [6.07, 6.45) is 3.81. The summed E-state index contributed by atoms with van der Waals surface area (Å²) >= 11 is 1.56. The number of hydrogen-bond acceptors (Lipinski definition) is 8. The van der Waals surface area contributed by atoms with Crippen molar-refractivity contribution in [1.82, 2.24) is 24.8 Å². The Morgan fingerprint density at radius 3 is 2.74 bits per heavy atom. The maximum Gasteiger partial charge on any atom is 0.214 e. The number of pyridine rings is 1. The second-order valence-corrected chi connectivity index (χ2v) is 12.0. The Labute approximate surface area is 225 Å². The van der Waals surface area contributed by atoms with Crippen molar-refractivity contribution in [3.63, 3.8) is 0 Å². The zero-order valence-electron chi connectivity index (χ0n) is 21.9. The topological polar surface area (TPSA) is 94.6 Å². The van der Waals surface area contributed by atoms with Crippen molar-refractivity contribution >= 4 is 32.4 Å². The van der Waals surface area contributed by atoms with Crippen LogP contribution >= 0.6 is 11.3 Å². The summed E-state index contributed by atoms with van der Waals surface area (Å²) in [5.74, 6) is 2.11. The summed E-state index contributed by atoms with van der Waals surface area (Å²) in [6.45, 7) is 8.95. The number of carbonyl (C=O) groups excluding carboxylic acids is 1. The Kier molecular flexibility index (Phi) is 6.49. The van der Waals surface area contributed by atoms with Crippen LogP contribution in [0.2, 0.25) is 0 Å². The number of nitrogens with one attached hydrogen (secondary N) is 1. The van der Waals surface area contributed by atoms with Crippen LogP contribution in [0.25, 0.3) is 26.6 Å². The van der Waals surface area contributed by atoms with E-state index < -0.39 is 0 Å². The van der Waals surface area contributed by atoms with E-state index in [1.807, 2.05) is 48.7 Å². The molecule has 1 fully saturated rings. The summed E-state index contributed by atoms with van der Waals surface area (Å²) in [5.41, 5.74) is 4.44. The fourth-order valence-electron chi connectivity index (χ4n) is 4.68. The van der Waals surface area contributed by atoms with Gasteiger partial charge in [-0.1, -0.05) is 61.5 Å². The van der Waals surface area contributed by atoms with E-state index in [0.29, 0.717) is 30.5 Å². The number of ketones is 1. The first-order valence-corrected chi connectivity index (χ1v) is 13.8. The number of ether oxygens (including phenoxy) is 1. The van der Waals surface area contributed by atoms with E-state index in [-0.39, 0.29) is 17.6 Å². The van der Waals surface area contributed by atoms with Crippen LogP contribution in [0.15, 0.2) is 53.2 Å². The molecule has 5 aromatic rings. The van der Waals surface area contributed by atoms with Crippen LogP contribution in [0.5, 0.6) is 5.88 Å². The Hall–Kier alpha value is -3.56. The molecule has 1 N–H and O–H groups in total. The van der Waals surface area contributed by atoms with Gasteiger partial charge in [0.2, 0.25) is 5.88 Å². The van der Waals surface area contributed by atoms with Gasteiger partial charge in [0.1, 0.15) is 16.4 Å². The molecule has 0 bridgehead atoms. The van der Waals surface area contributed by atoms with E-state index in [0.717, 1.165) is 57.4 Å². The molecule has 1 aliphatic heterocycles. The maximum absolute atomic E-state index is 12.6. The lowest BCUT2D eigenvalue weighted by atomic mass is 9.93. The third kappa shape index (κ3) is 5.21. The molecule has 0 saturated carbocycles. The molecule has 6 rings (SSSR count). The predicted octanol–water partition coefficient (Wildman–Crippen LogP) is 5.24. The summed E-state index contributed by atoms with van der Waals surface area (Å²) in [7, 11) is 0. The number of carbonyl (C=O) groups is 1. The van der Waals surface area contributed by atoms with Gasteiger partial charge in [-0.05, 0) is 24.6 Å². The van der Waals surface area contributed by atoms with Gasteiger partial charge in [-0.3, -0.25) is 9.20 Å². The van der Waals surface area contributed by atoms with E-state index in [1.165, 1.54) is 0 Å². The number of nitrogens with zero attached hydrogens (tertiary/aromatic N) is 4. The van der Waals surface area contributed by atoms with Crippen LogP contribution in [0.3, 0.4) is 0 Å². The van der Waals surface area contributed by atoms with E-state index in [1.54, 1.807) is 11.3 Å². The molecule has 8 nitrogen and oxygen atoms in total. The molecule has 38 heavy (non-hydrogen) atoms. The largest absolute Gasteiger partial charge is 0.477 e. The smallest absolute Gasteiger partial charge is 0.214 e.